The standard InChI is InChI=1S/C24H27NO8/c26-12-19-21(27)22(28)24(30,23(29)32-19)33-18-3-1-2-16-20(18)15(11-25-16)6-4-13-5-7-17-14(10-13)8-9-31-17/h1-3,5,7,10-11,19,21-23,25-30H,4,6,8-9,12H2/t19-,21-,22+,23?,24+/m1/s1. The number of benzene rings is 2. The Morgan fingerprint density at radius 1 is 1.12 bits per heavy atom. The lowest BCUT2D eigenvalue weighted by Gasteiger charge is -2.45. The molecule has 5 atom stereocenters. The number of H-pyrrole nitrogens is 1. The average molecular weight is 457 g/mol. The Labute approximate surface area is 189 Å². The van der Waals surface area contributed by atoms with Crippen LogP contribution in [0.4, 0.5) is 0 Å². The van der Waals surface area contributed by atoms with E-state index >= 15 is 0 Å². The number of ether oxygens (including phenoxy) is 3. The number of aliphatic hydroxyl groups is 5. The number of hydrogen-bond acceptors (Lipinski definition) is 8. The van der Waals surface area contributed by atoms with Gasteiger partial charge in [0.15, 0.2) is 6.10 Å². The van der Waals surface area contributed by atoms with Crippen LogP contribution >= 0.6 is 0 Å². The third-order valence-corrected chi connectivity index (χ3v) is 6.43. The first-order valence-corrected chi connectivity index (χ1v) is 11.0. The quantitative estimate of drug-likeness (QED) is 0.292. The van der Waals surface area contributed by atoms with Crippen LogP contribution in [0.15, 0.2) is 42.6 Å². The molecule has 3 aromatic rings. The summed E-state index contributed by atoms with van der Waals surface area (Å²) in [6.07, 6.45) is -2.60. The minimum Gasteiger partial charge on any atom is -0.493 e. The van der Waals surface area contributed by atoms with Crippen molar-refractivity contribution in [2.45, 2.75) is 49.7 Å². The normalized spacial score (nSPS) is 29.1. The van der Waals surface area contributed by atoms with E-state index in [0.29, 0.717) is 18.4 Å². The summed E-state index contributed by atoms with van der Waals surface area (Å²) in [6, 6.07) is 11.4. The molecule has 0 bridgehead atoms. The number of hydrogen-bond donors (Lipinski definition) is 6. The third kappa shape index (κ3) is 3.86. The van der Waals surface area contributed by atoms with Crippen LogP contribution in [0.1, 0.15) is 16.7 Å². The molecule has 33 heavy (non-hydrogen) atoms. The molecule has 6 N–H and O–H groups in total. The van der Waals surface area contributed by atoms with Crippen molar-refractivity contribution in [3.63, 3.8) is 0 Å². The van der Waals surface area contributed by atoms with E-state index < -0.39 is 37.0 Å². The first-order valence-electron chi connectivity index (χ1n) is 11.0. The summed E-state index contributed by atoms with van der Waals surface area (Å²) in [5.74, 6) is -1.48. The highest BCUT2D eigenvalue weighted by molar-refractivity contribution is 5.89. The van der Waals surface area contributed by atoms with Crippen LogP contribution < -0.4 is 9.47 Å². The maximum Gasteiger partial charge on any atom is 0.288 e. The highest BCUT2D eigenvalue weighted by atomic mass is 16.7. The zero-order valence-electron chi connectivity index (χ0n) is 17.8. The van der Waals surface area contributed by atoms with Crippen molar-refractivity contribution in [2.24, 2.45) is 0 Å². The van der Waals surface area contributed by atoms with Crippen LogP contribution in [-0.4, -0.2) is 74.1 Å². The molecule has 176 valence electrons. The molecule has 3 heterocycles. The molecule has 0 saturated carbocycles. The summed E-state index contributed by atoms with van der Waals surface area (Å²) in [6.45, 7) is 0.0672. The molecule has 5 rings (SSSR count). The van der Waals surface area contributed by atoms with E-state index in [1.807, 2.05) is 24.4 Å². The van der Waals surface area contributed by atoms with Crippen LogP contribution in [0, 0.1) is 0 Å². The average Bonchev–Trinajstić information content (AvgIpc) is 3.46. The van der Waals surface area contributed by atoms with Crippen molar-refractivity contribution >= 4 is 10.9 Å². The summed E-state index contributed by atoms with van der Waals surface area (Å²) in [5.41, 5.74) is 4.06. The van der Waals surface area contributed by atoms with E-state index in [9.17, 15) is 25.5 Å². The van der Waals surface area contributed by atoms with Gasteiger partial charge in [0.1, 0.15) is 23.7 Å². The molecule has 0 radical (unpaired) electrons. The fourth-order valence-corrected chi connectivity index (χ4v) is 4.55. The summed E-state index contributed by atoms with van der Waals surface area (Å²) in [5, 5.41) is 51.8. The lowest BCUT2D eigenvalue weighted by atomic mass is 9.95. The molecule has 2 aliphatic heterocycles. The number of aromatic nitrogens is 1. The Morgan fingerprint density at radius 2 is 1.97 bits per heavy atom. The van der Waals surface area contributed by atoms with Gasteiger partial charge in [0.05, 0.1) is 13.2 Å². The van der Waals surface area contributed by atoms with Gasteiger partial charge in [-0.2, -0.15) is 0 Å². The van der Waals surface area contributed by atoms with Crippen molar-refractivity contribution in [3.8, 4) is 11.5 Å². The van der Waals surface area contributed by atoms with Gasteiger partial charge in [0, 0.05) is 23.5 Å². The Balaban J connectivity index is 1.41. The topological polar surface area (TPSA) is 145 Å². The molecule has 9 nitrogen and oxygen atoms in total. The molecule has 1 saturated heterocycles. The molecule has 0 amide bonds. The van der Waals surface area contributed by atoms with E-state index in [4.69, 9.17) is 14.2 Å². The number of fused-ring (bicyclic) bond motifs is 2. The maximum absolute atomic E-state index is 10.9. The first kappa shape index (κ1) is 22.1. The second-order valence-electron chi connectivity index (χ2n) is 8.53. The van der Waals surface area contributed by atoms with Crippen LogP contribution in [0.3, 0.4) is 0 Å². The van der Waals surface area contributed by atoms with Crippen LogP contribution in [0.2, 0.25) is 0 Å². The van der Waals surface area contributed by atoms with Gasteiger partial charge in [-0.05, 0) is 47.7 Å². The minimum absolute atomic E-state index is 0.213. The van der Waals surface area contributed by atoms with Crippen molar-refractivity contribution in [1.29, 1.82) is 0 Å². The van der Waals surface area contributed by atoms with Crippen molar-refractivity contribution in [3.05, 3.63) is 59.3 Å². The number of nitrogens with one attached hydrogen (secondary N) is 1. The van der Waals surface area contributed by atoms with Gasteiger partial charge in [-0.25, -0.2) is 0 Å². The molecule has 1 fully saturated rings. The summed E-state index contributed by atoms with van der Waals surface area (Å²) in [4.78, 5) is 3.18. The highest BCUT2D eigenvalue weighted by Gasteiger charge is 2.57. The zero-order chi connectivity index (χ0) is 23.2. The first-order chi connectivity index (χ1) is 15.9. The monoisotopic (exact) mass is 457 g/mol. The van der Waals surface area contributed by atoms with Gasteiger partial charge in [-0.15, -0.1) is 0 Å². The molecule has 2 aliphatic rings. The number of aromatic amines is 1. The Bertz CT molecular complexity index is 1150. The van der Waals surface area contributed by atoms with Crippen LogP contribution in [0.25, 0.3) is 10.9 Å². The molecular weight excluding hydrogens is 430 g/mol. The fraction of sp³-hybridized carbons (Fsp3) is 0.417. The zero-order valence-corrected chi connectivity index (χ0v) is 17.8. The van der Waals surface area contributed by atoms with Crippen molar-refractivity contribution < 1.29 is 39.7 Å². The predicted molar refractivity (Wildman–Crippen MR) is 117 cm³/mol. The second kappa shape index (κ2) is 8.60. The summed E-state index contributed by atoms with van der Waals surface area (Å²) >= 11 is 0. The highest BCUT2D eigenvalue weighted by Crippen LogP contribution is 2.36. The van der Waals surface area contributed by atoms with Gasteiger partial charge < -0.3 is 44.7 Å². The minimum atomic E-state index is -2.63. The molecule has 0 spiro atoms. The van der Waals surface area contributed by atoms with E-state index in [-0.39, 0.29) is 5.75 Å². The van der Waals surface area contributed by atoms with Gasteiger partial charge in [0.25, 0.3) is 5.79 Å². The number of aliphatic hydroxyl groups excluding tert-OH is 4. The Hall–Kier alpha value is -2.66. The van der Waals surface area contributed by atoms with Gasteiger partial charge in [-0.1, -0.05) is 18.2 Å². The maximum atomic E-state index is 10.9. The van der Waals surface area contributed by atoms with Crippen molar-refractivity contribution in [1.82, 2.24) is 4.98 Å². The van der Waals surface area contributed by atoms with Crippen LogP contribution in [0.5, 0.6) is 11.5 Å². The lowest BCUT2D eigenvalue weighted by molar-refractivity contribution is -0.385. The predicted octanol–water partition coefficient (Wildman–Crippen LogP) is 0.387. The Kier molecular flexibility index (Phi) is 5.77. The fourth-order valence-electron chi connectivity index (χ4n) is 4.55. The van der Waals surface area contributed by atoms with Crippen molar-refractivity contribution in [2.75, 3.05) is 13.2 Å². The molecule has 1 aromatic heterocycles. The van der Waals surface area contributed by atoms with Gasteiger partial charge >= 0.3 is 0 Å². The van der Waals surface area contributed by atoms with E-state index in [2.05, 4.69) is 11.1 Å². The summed E-state index contributed by atoms with van der Waals surface area (Å²) in [7, 11) is 0. The van der Waals surface area contributed by atoms with E-state index in [0.717, 1.165) is 29.7 Å². The molecule has 2 aromatic carbocycles. The number of rotatable bonds is 6. The number of aryl methyl sites for hydroxylation is 2. The van der Waals surface area contributed by atoms with E-state index in [1.54, 1.807) is 12.1 Å². The smallest absolute Gasteiger partial charge is 0.288 e. The molecule has 9 heteroatoms. The van der Waals surface area contributed by atoms with E-state index in [1.165, 1.54) is 11.1 Å². The molecular formula is C24H27NO8. The largest absolute Gasteiger partial charge is 0.493 e. The Morgan fingerprint density at radius 3 is 2.79 bits per heavy atom. The third-order valence-electron chi connectivity index (χ3n) is 6.43. The SMILES string of the molecule is OC[C@H]1OC(O)[C@@](O)(Oc2cccc3[nH]cc(CCc4ccc5c(c4)CCO5)c23)[C@@H](O)[C@@H]1O. The molecule has 0 aliphatic carbocycles. The van der Waals surface area contributed by atoms with Gasteiger partial charge in [-0.3, -0.25) is 0 Å². The van der Waals surface area contributed by atoms with Gasteiger partial charge in [0.2, 0.25) is 6.29 Å². The molecule has 1 unspecified atom stereocenters. The second-order valence-corrected chi connectivity index (χ2v) is 8.53. The van der Waals surface area contributed by atoms with Crippen LogP contribution in [-0.2, 0) is 24.0 Å². The lowest BCUT2D eigenvalue weighted by Crippen LogP contribution is -2.69. The summed E-state index contributed by atoms with van der Waals surface area (Å²) < 4.78 is 16.4.